The van der Waals surface area contributed by atoms with Gasteiger partial charge >= 0.3 is 6.09 Å². The predicted molar refractivity (Wildman–Crippen MR) is 107 cm³/mol. The highest BCUT2D eigenvalue weighted by molar-refractivity contribution is 5.97. The summed E-state index contributed by atoms with van der Waals surface area (Å²) in [5, 5.41) is 5.26. The summed E-state index contributed by atoms with van der Waals surface area (Å²) >= 11 is 0. The lowest BCUT2D eigenvalue weighted by Crippen LogP contribution is -2.44. The number of benzene rings is 2. The van der Waals surface area contributed by atoms with Gasteiger partial charge in [-0.1, -0.05) is 36.4 Å². The van der Waals surface area contributed by atoms with Gasteiger partial charge in [0.2, 0.25) is 11.8 Å². The van der Waals surface area contributed by atoms with Crippen molar-refractivity contribution >= 4 is 23.6 Å². The van der Waals surface area contributed by atoms with Crippen LogP contribution < -0.4 is 16.4 Å². The minimum absolute atomic E-state index is 0.0377. The summed E-state index contributed by atoms with van der Waals surface area (Å²) in [6.07, 6.45) is -0.704. The van der Waals surface area contributed by atoms with Crippen LogP contribution in [-0.4, -0.2) is 23.9 Å². The minimum atomic E-state index is -0.947. The molecule has 7 nitrogen and oxygen atoms in total. The summed E-state index contributed by atoms with van der Waals surface area (Å²) in [7, 11) is 0. The number of rotatable bonds is 8. The molecule has 28 heavy (non-hydrogen) atoms. The monoisotopic (exact) mass is 383 g/mol. The average Bonchev–Trinajstić information content (AvgIpc) is 2.67. The number of aryl methyl sites for hydroxylation is 2. The molecule has 0 aliphatic carbocycles. The highest BCUT2D eigenvalue weighted by Gasteiger charge is 2.22. The molecule has 4 N–H and O–H groups in total. The summed E-state index contributed by atoms with van der Waals surface area (Å²) < 4.78 is 5.15. The van der Waals surface area contributed by atoms with Gasteiger partial charge in [-0.3, -0.25) is 9.59 Å². The van der Waals surface area contributed by atoms with Gasteiger partial charge in [0.1, 0.15) is 12.6 Å². The number of ether oxygens (including phenoxy) is 1. The Morgan fingerprint density at radius 1 is 1.04 bits per heavy atom. The van der Waals surface area contributed by atoms with E-state index < -0.39 is 23.9 Å². The molecular formula is C21H25N3O4. The van der Waals surface area contributed by atoms with E-state index in [-0.39, 0.29) is 19.4 Å². The van der Waals surface area contributed by atoms with E-state index in [9.17, 15) is 14.4 Å². The van der Waals surface area contributed by atoms with Crippen LogP contribution in [0.3, 0.4) is 0 Å². The zero-order valence-electron chi connectivity index (χ0n) is 16.0. The number of anilines is 1. The molecular weight excluding hydrogens is 358 g/mol. The number of hydrogen-bond donors (Lipinski definition) is 3. The van der Waals surface area contributed by atoms with Crippen molar-refractivity contribution in [1.29, 1.82) is 0 Å². The third kappa shape index (κ3) is 6.75. The van der Waals surface area contributed by atoms with Crippen LogP contribution in [0.25, 0.3) is 0 Å². The van der Waals surface area contributed by atoms with E-state index >= 15 is 0 Å². The van der Waals surface area contributed by atoms with Crippen molar-refractivity contribution in [1.82, 2.24) is 5.32 Å². The third-order valence-electron chi connectivity index (χ3n) is 4.28. The zero-order chi connectivity index (χ0) is 20.5. The van der Waals surface area contributed by atoms with Gasteiger partial charge in [0.15, 0.2) is 0 Å². The molecule has 0 saturated heterocycles. The Balaban J connectivity index is 1.98. The minimum Gasteiger partial charge on any atom is -0.445 e. The highest BCUT2D eigenvalue weighted by Crippen LogP contribution is 2.15. The number of hydrogen-bond acceptors (Lipinski definition) is 4. The molecule has 0 bridgehead atoms. The number of primary amides is 1. The van der Waals surface area contributed by atoms with Crippen LogP contribution in [0.1, 0.15) is 29.5 Å². The van der Waals surface area contributed by atoms with E-state index in [0.29, 0.717) is 5.69 Å². The SMILES string of the molecule is Cc1ccc(NC(=O)[C@@H](CCC(N)=O)NC(=O)OCc2ccccc2)cc1C. The van der Waals surface area contributed by atoms with Crippen LogP contribution in [0, 0.1) is 13.8 Å². The molecule has 0 aliphatic rings. The van der Waals surface area contributed by atoms with Gasteiger partial charge in [0, 0.05) is 12.1 Å². The molecule has 2 aromatic carbocycles. The van der Waals surface area contributed by atoms with Crippen molar-refractivity contribution in [3.05, 3.63) is 65.2 Å². The fraction of sp³-hybridized carbons (Fsp3) is 0.286. The Morgan fingerprint density at radius 2 is 1.75 bits per heavy atom. The van der Waals surface area contributed by atoms with Crippen molar-refractivity contribution in [2.24, 2.45) is 5.73 Å². The Hall–Kier alpha value is -3.35. The molecule has 148 valence electrons. The molecule has 0 heterocycles. The number of carbonyl (C=O) groups is 3. The standard InChI is InChI=1S/C21H25N3O4/c1-14-8-9-17(12-15(14)2)23-20(26)18(10-11-19(22)25)24-21(27)28-13-16-6-4-3-5-7-16/h3-9,12,18H,10-11,13H2,1-2H3,(H2,22,25)(H,23,26)(H,24,27)/t18-/m1/s1. The normalized spacial score (nSPS) is 11.4. The molecule has 3 amide bonds. The first-order valence-electron chi connectivity index (χ1n) is 8.99. The number of amides is 3. The van der Waals surface area contributed by atoms with E-state index in [0.717, 1.165) is 16.7 Å². The van der Waals surface area contributed by atoms with Gasteiger partial charge in [-0.25, -0.2) is 4.79 Å². The molecule has 2 rings (SSSR count). The van der Waals surface area contributed by atoms with Crippen molar-refractivity contribution in [3.63, 3.8) is 0 Å². The first-order chi connectivity index (χ1) is 13.3. The lowest BCUT2D eigenvalue weighted by Gasteiger charge is -2.18. The van der Waals surface area contributed by atoms with Gasteiger partial charge in [0.25, 0.3) is 0 Å². The summed E-state index contributed by atoms with van der Waals surface area (Å²) in [5.74, 6) is -0.996. The number of carbonyl (C=O) groups excluding carboxylic acids is 3. The maximum atomic E-state index is 12.6. The third-order valence-corrected chi connectivity index (χ3v) is 4.28. The Bertz CT molecular complexity index is 837. The second-order valence-electron chi connectivity index (χ2n) is 6.55. The molecule has 2 aromatic rings. The van der Waals surface area contributed by atoms with Crippen LogP contribution in [0.4, 0.5) is 10.5 Å². The van der Waals surface area contributed by atoms with Crippen LogP contribution in [0.15, 0.2) is 48.5 Å². The van der Waals surface area contributed by atoms with Crippen LogP contribution in [-0.2, 0) is 20.9 Å². The smallest absolute Gasteiger partial charge is 0.408 e. The first kappa shape index (κ1) is 21.0. The van der Waals surface area contributed by atoms with E-state index in [1.54, 1.807) is 6.07 Å². The maximum absolute atomic E-state index is 12.6. The molecule has 0 aromatic heterocycles. The Morgan fingerprint density at radius 3 is 2.39 bits per heavy atom. The van der Waals surface area contributed by atoms with Gasteiger partial charge in [-0.2, -0.15) is 0 Å². The molecule has 0 spiro atoms. The van der Waals surface area contributed by atoms with E-state index in [4.69, 9.17) is 10.5 Å². The van der Waals surface area contributed by atoms with Gasteiger partial charge < -0.3 is 21.1 Å². The van der Waals surface area contributed by atoms with Crippen LogP contribution in [0.2, 0.25) is 0 Å². The van der Waals surface area contributed by atoms with Gasteiger partial charge in [0.05, 0.1) is 0 Å². The fourth-order valence-electron chi connectivity index (χ4n) is 2.51. The molecule has 7 heteroatoms. The van der Waals surface area contributed by atoms with Crippen molar-refractivity contribution in [2.45, 2.75) is 39.3 Å². The molecule has 0 fully saturated rings. The van der Waals surface area contributed by atoms with E-state index in [1.807, 2.05) is 56.3 Å². The molecule has 1 atom stereocenters. The largest absolute Gasteiger partial charge is 0.445 e. The van der Waals surface area contributed by atoms with Gasteiger partial charge in [-0.15, -0.1) is 0 Å². The van der Waals surface area contributed by atoms with Crippen LogP contribution in [0.5, 0.6) is 0 Å². The predicted octanol–water partition coefficient (Wildman–Crippen LogP) is 2.80. The second-order valence-corrected chi connectivity index (χ2v) is 6.55. The summed E-state index contributed by atoms with van der Waals surface area (Å²) in [6.45, 7) is 3.99. The van der Waals surface area contributed by atoms with Crippen molar-refractivity contribution in [2.75, 3.05) is 5.32 Å². The number of nitrogens with one attached hydrogen (secondary N) is 2. The molecule has 0 radical (unpaired) electrons. The fourth-order valence-corrected chi connectivity index (χ4v) is 2.51. The topological polar surface area (TPSA) is 111 Å². The molecule has 0 saturated carbocycles. The lowest BCUT2D eigenvalue weighted by atomic mass is 10.1. The number of alkyl carbamates (subject to hydrolysis) is 1. The molecule has 0 aliphatic heterocycles. The zero-order valence-corrected chi connectivity index (χ0v) is 16.0. The van der Waals surface area contributed by atoms with Crippen LogP contribution >= 0.6 is 0 Å². The number of nitrogens with two attached hydrogens (primary N) is 1. The summed E-state index contributed by atoms with van der Waals surface area (Å²) in [6, 6.07) is 13.7. The summed E-state index contributed by atoms with van der Waals surface area (Å²) in [4.78, 5) is 35.8. The Labute approximate surface area is 164 Å². The van der Waals surface area contributed by atoms with E-state index in [2.05, 4.69) is 10.6 Å². The van der Waals surface area contributed by atoms with Crippen molar-refractivity contribution < 1.29 is 19.1 Å². The maximum Gasteiger partial charge on any atom is 0.408 e. The second kappa shape index (κ2) is 10.1. The van der Waals surface area contributed by atoms with Gasteiger partial charge in [-0.05, 0) is 49.1 Å². The molecule has 0 unspecified atom stereocenters. The Kier molecular flexibility index (Phi) is 7.56. The van der Waals surface area contributed by atoms with E-state index in [1.165, 1.54) is 0 Å². The van der Waals surface area contributed by atoms with Crippen molar-refractivity contribution in [3.8, 4) is 0 Å². The summed E-state index contributed by atoms with van der Waals surface area (Å²) in [5.41, 5.74) is 8.75. The first-order valence-corrected chi connectivity index (χ1v) is 8.99. The average molecular weight is 383 g/mol. The quantitative estimate of drug-likeness (QED) is 0.651. The lowest BCUT2D eigenvalue weighted by molar-refractivity contribution is -0.119. The highest BCUT2D eigenvalue weighted by atomic mass is 16.5.